The van der Waals surface area contributed by atoms with Crippen molar-refractivity contribution in [3.63, 3.8) is 0 Å². The molecule has 2 saturated heterocycles. The Morgan fingerprint density at radius 2 is 2.37 bits per heavy atom. The molecule has 3 rings (SSSR count). The average Bonchev–Trinajstić information content (AvgIpc) is 2.93. The maximum atomic E-state index is 12.4. The molecule has 7 heteroatoms. The maximum absolute atomic E-state index is 12.4. The standard InChI is InChI=1S/C12H19N5O2/c1-8-2-3-16(11(8)7-18)12(19)10-6-17(15-14-10)9-4-13-5-9/h6,8-9,11,13,18H,2-5,7H2,1H3. The van der Waals surface area contributed by atoms with Gasteiger partial charge in [0.25, 0.3) is 5.91 Å². The summed E-state index contributed by atoms with van der Waals surface area (Å²) in [6.07, 6.45) is 2.64. The van der Waals surface area contributed by atoms with E-state index in [1.165, 1.54) is 0 Å². The molecule has 104 valence electrons. The van der Waals surface area contributed by atoms with Crippen LogP contribution in [0.5, 0.6) is 0 Å². The van der Waals surface area contributed by atoms with E-state index in [0.717, 1.165) is 19.5 Å². The number of aliphatic hydroxyl groups excluding tert-OH is 1. The van der Waals surface area contributed by atoms with Gasteiger partial charge in [0, 0.05) is 19.6 Å². The molecule has 2 atom stereocenters. The van der Waals surface area contributed by atoms with Crippen LogP contribution in [0.1, 0.15) is 29.9 Å². The van der Waals surface area contributed by atoms with E-state index >= 15 is 0 Å². The predicted octanol–water partition coefficient (Wildman–Crippen LogP) is -0.735. The Kier molecular flexibility index (Phi) is 3.24. The lowest BCUT2D eigenvalue weighted by Crippen LogP contribution is -2.43. The normalized spacial score (nSPS) is 27.6. The first-order chi connectivity index (χ1) is 9.20. The quantitative estimate of drug-likeness (QED) is 0.752. The summed E-state index contributed by atoms with van der Waals surface area (Å²) < 4.78 is 1.75. The number of likely N-dealkylation sites (tertiary alicyclic amines) is 1. The van der Waals surface area contributed by atoms with Gasteiger partial charge < -0.3 is 15.3 Å². The van der Waals surface area contributed by atoms with E-state index in [4.69, 9.17) is 0 Å². The topological polar surface area (TPSA) is 83.3 Å². The molecule has 2 aliphatic heterocycles. The highest BCUT2D eigenvalue weighted by Gasteiger charge is 2.35. The molecular formula is C12H19N5O2. The summed E-state index contributed by atoms with van der Waals surface area (Å²) in [4.78, 5) is 14.1. The Bertz CT molecular complexity index is 470. The monoisotopic (exact) mass is 265 g/mol. The first-order valence-electron chi connectivity index (χ1n) is 6.75. The van der Waals surface area contributed by atoms with E-state index in [2.05, 4.69) is 22.6 Å². The van der Waals surface area contributed by atoms with Crippen molar-refractivity contribution in [2.75, 3.05) is 26.2 Å². The second-order valence-electron chi connectivity index (χ2n) is 5.41. The van der Waals surface area contributed by atoms with Gasteiger partial charge in [-0.2, -0.15) is 0 Å². The molecule has 1 aromatic rings. The van der Waals surface area contributed by atoms with E-state index in [-0.39, 0.29) is 18.6 Å². The van der Waals surface area contributed by atoms with Crippen LogP contribution in [0.3, 0.4) is 0 Å². The summed E-state index contributed by atoms with van der Waals surface area (Å²) in [6.45, 7) is 4.50. The maximum Gasteiger partial charge on any atom is 0.276 e. The highest BCUT2D eigenvalue weighted by Crippen LogP contribution is 2.25. The lowest BCUT2D eigenvalue weighted by molar-refractivity contribution is 0.0642. The first kappa shape index (κ1) is 12.6. The van der Waals surface area contributed by atoms with Crippen LogP contribution >= 0.6 is 0 Å². The number of nitrogens with one attached hydrogen (secondary N) is 1. The van der Waals surface area contributed by atoms with Crippen LogP contribution in [0.25, 0.3) is 0 Å². The summed E-state index contributed by atoms with van der Waals surface area (Å²) in [6, 6.07) is 0.211. The van der Waals surface area contributed by atoms with E-state index < -0.39 is 0 Å². The summed E-state index contributed by atoms with van der Waals surface area (Å²) in [7, 11) is 0. The van der Waals surface area contributed by atoms with Gasteiger partial charge in [-0.3, -0.25) is 4.79 Å². The molecule has 0 aromatic carbocycles. The van der Waals surface area contributed by atoms with E-state index in [1.807, 2.05) is 0 Å². The number of hydrogen-bond donors (Lipinski definition) is 2. The van der Waals surface area contributed by atoms with Crippen molar-refractivity contribution in [2.45, 2.75) is 25.4 Å². The lowest BCUT2D eigenvalue weighted by atomic mass is 10.0. The summed E-state index contributed by atoms with van der Waals surface area (Å²) >= 11 is 0. The molecule has 1 aromatic heterocycles. The van der Waals surface area contributed by atoms with Gasteiger partial charge in [0.1, 0.15) is 0 Å². The van der Waals surface area contributed by atoms with Gasteiger partial charge in [0.15, 0.2) is 5.69 Å². The van der Waals surface area contributed by atoms with Crippen LogP contribution in [-0.2, 0) is 0 Å². The van der Waals surface area contributed by atoms with Gasteiger partial charge in [-0.25, -0.2) is 4.68 Å². The van der Waals surface area contributed by atoms with Crippen LogP contribution < -0.4 is 5.32 Å². The smallest absolute Gasteiger partial charge is 0.276 e. The largest absolute Gasteiger partial charge is 0.394 e. The Hall–Kier alpha value is -1.47. The van der Waals surface area contributed by atoms with Crippen LogP contribution in [0, 0.1) is 5.92 Å². The van der Waals surface area contributed by atoms with E-state index in [0.29, 0.717) is 24.2 Å². The van der Waals surface area contributed by atoms with E-state index in [1.54, 1.807) is 15.8 Å². The SMILES string of the molecule is CC1CCN(C(=O)c2cn(C3CNC3)nn2)C1CO. The van der Waals surface area contributed by atoms with Crippen molar-refractivity contribution >= 4 is 5.91 Å². The number of carbonyl (C=O) groups is 1. The number of hydrogen-bond acceptors (Lipinski definition) is 5. The summed E-state index contributed by atoms with van der Waals surface area (Å²) in [5.41, 5.74) is 0.374. The Balaban J connectivity index is 1.74. The number of aliphatic hydroxyl groups is 1. The van der Waals surface area contributed by atoms with E-state index in [9.17, 15) is 9.90 Å². The first-order valence-corrected chi connectivity index (χ1v) is 6.75. The zero-order chi connectivity index (χ0) is 13.4. The molecule has 0 radical (unpaired) electrons. The molecular weight excluding hydrogens is 246 g/mol. The van der Waals surface area contributed by atoms with Gasteiger partial charge >= 0.3 is 0 Å². The molecule has 0 bridgehead atoms. The minimum Gasteiger partial charge on any atom is -0.394 e. The fourth-order valence-electron chi connectivity index (χ4n) is 2.70. The van der Waals surface area contributed by atoms with Gasteiger partial charge in [0.2, 0.25) is 0 Å². The van der Waals surface area contributed by atoms with Gasteiger partial charge in [-0.05, 0) is 12.3 Å². The second-order valence-corrected chi connectivity index (χ2v) is 5.41. The molecule has 1 amide bonds. The van der Waals surface area contributed by atoms with Crippen molar-refractivity contribution in [2.24, 2.45) is 5.92 Å². The molecule has 7 nitrogen and oxygen atoms in total. The number of carbonyl (C=O) groups excluding carboxylic acids is 1. The number of amides is 1. The van der Waals surface area contributed by atoms with Crippen molar-refractivity contribution in [1.82, 2.24) is 25.2 Å². The molecule has 2 fully saturated rings. The van der Waals surface area contributed by atoms with Crippen LogP contribution in [-0.4, -0.2) is 63.2 Å². The van der Waals surface area contributed by atoms with Crippen molar-refractivity contribution in [3.8, 4) is 0 Å². The third kappa shape index (κ3) is 2.12. The molecule has 0 saturated carbocycles. The summed E-state index contributed by atoms with van der Waals surface area (Å²) in [5, 5.41) is 20.5. The Morgan fingerprint density at radius 1 is 1.58 bits per heavy atom. The highest BCUT2D eigenvalue weighted by molar-refractivity contribution is 5.92. The molecule has 2 aliphatic rings. The Labute approximate surface area is 111 Å². The van der Waals surface area contributed by atoms with Crippen LogP contribution in [0.4, 0.5) is 0 Å². The van der Waals surface area contributed by atoms with Gasteiger partial charge in [-0.15, -0.1) is 5.10 Å². The lowest BCUT2D eigenvalue weighted by Gasteiger charge is -2.26. The highest BCUT2D eigenvalue weighted by atomic mass is 16.3. The third-order valence-corrected chi connectivity index (χ3v) is 4.19. The van der Waals surface area contributed by atoms with Crippen molar-refractivity contribution < 1.29 is 9.90 Å². The third-order valence-electron chi connectivity index (χ3n) is 4.19. The second kappa shape index (κ2) is 4.90. The van der Waals surface area contributed by atoms with Crippen LogP contribution in [0.2, 0.25) is 0 Å². The average molecular weight is 265 g/mol. The number of aromatic nitrogens is 3. The molecule has 0 spiro atoms. The summed E-state index contributed by atoms with van der Waals surface area (Å²) in [5.74, 6) is 0.210. The molecule has 2 unspecified atom stereocenters. The minimum atomic E-state index is -0.123. The predicted molar refractivity (Wildman–Crippen MR) is 67.6 cm³/mol. The van der Waals surface area contributed by atoms with Crippen molar-refractivity contribution in [3.05, 3.63) is 11.9 Å². The minimum absolute atomic E-state index is 0.00753. The van der Waals surface area contributed by atoms with Gasteiger partial charge in [0.05, 0.1) is 24.9 Å². The van der Waals surface area contributed by atoms with Crippen LogP contribution in [0.15, 0.2) is 6.20 Å². The fraction of sp³-hybridized carbons (Fsp3) is 0.750. The molecule has 19 heavy (non-hydrogen) atoms. The number of rotatable bonds is 3. The molecule has 2 N–H and O–H groups in total. The molecule has 0 aliphatic carbocycles. The molecule has 3 heterocycles. The van der Waals surface area contributed by atoms with Gasteiger partial charge in [-0.1, -0.05) is 12.1 Å². The fourth-order valence-corrected chi connectivity index (χ4v) is 2.70. The Morgan fingerprint density at radius 3 is 3.00 bits per heavy atom. The van der Waals surface area contributed by atoms with Crippen molar-refractivity contribution in [1.29, 1.82) is 0 Å². The number of nitrogens with zero attached hydrogens (tertiary/aromatic N) is 4. The zero-order valence-corrected chi connectivity index (χ0v) is 11.0. The zero-order valence-electron chi connectivity index (χ0n) is 11.0.